The van der Waals surface area contributed by atoms with E-state index in [1.54, 1.807) is 0 Å². The maximum absolute atomic E-state index is 8.99. The summed E-state index contributed by atoms with van der Waals surface area (Å²) in [5.74, 6) is 2.67. The summed E-state index contributed by atoms with van der Waals surface area (Å²) in [5, 5.41) is 9.90. The molecule has 2 aromatic heterocycles. The number of nitrogens with one attached hydrogen (secondary N) is 1. The van der Waals surface area contributed by atoms with Crippen LogP contribution in [-0.2, 0) is 6.42 Å². The predicted molar refractivity (Wildman–Crippen MR) is 97.7 cm³/mol. The smallest absolute Gasteiger partial charge is 0.150 e. The summed E-state index contributed by atoms with van der Waals surface area (Å²) >= 11 is 0. The lowest BCUT2D eigenvalue weighted by Crippen LogP contribution is -1.94. The molecule has 0 spiro atoms. The molecule has 126 valence electrons. The number of nitrogens with zero attached hydrogens (tertiary/aromatic N) is 2. The Balaban J connectivity index is 1.76. The van der Waals surface area contributed by atoms with E-state index < -0.39 is 0 Å². The number of aliphatic hydroxyl groups is 1. The maximum atomic E-state index is 8.99. The first-order chi connectivity index (χ1) is 12.2. The van der Waals surface area contributed by atoms with E-state index in [1.165, 1.54) is 0 Å². The first-order valence-electron chi connectivity index (χ1n) is 8.16. The highest BCUT2D eigenvalue weighted by molar-refractivity contribution is 6.06. The number of pyridine rings is 1. The number of aromatic amines is 1. The number of hydrogen-bond acceptors (Lipinski definition) is 5. The van der Waals surface area contributed by atoms with Crippen LogP contribution in [0.25, 0.3) is 21.9 Å². The summed E-state index contributed by atoms with van der Waals surface area (Å²) in [7, 11) is 0. The van der Waals surface area contributed by atoms with Crippen LogP contribution < -0.4 is 10.5 Å². The van der Waals surface area contributed by atoms with Gasteiger partial charge in [-0.15, -0.1) is 0 Å². The van der Waals surface area contributed by atoms with Crippen LogP contribution in [0.15, 0.2) is 48.5 Å². The van der Waals surface area contributed by atoms with Crippen LogP contribution in [0.2, 0.25) is 0 Å². The quantitative estimate of drug-likeness (QED) is 0.519. The van der Waals surface area contributed by atoms with Crippen LogP contribution in [0, 0.1) is 0 Å². The summed E-state index contributed by atoms with van der Waals surface area (Å²) in [5.41, 5.74) is 8.36. The Morgan fingerprint density at radius 3 is 2.68 bits per heavy atom. The predicted octanol–water partition coefficient (Wildman–Crippen LogP) is 3.41. The van der Waals surface area contributed by atoms with Gasteiger partial charge in [0.1, 0.15) is 34.2 Å². The normalized spacial score (nSPS) is 11.2. The molecule has 6 heteroatoms. The van der Waals surface area contributed by atoms with Gasteiger partial charge >= 0.3 is 0 Å². The Kier molecular flexibility index (Phi) is 3.95. The van der Waals surface area contributed by atoms with Crippen LogP contribution >= 0.6 is 0 Å². The van der Waals surface area contributed by atoms with E-state index in [0.29, 0.717) is 24.4 Å². The van der Waals surface area contributed by atoms with E-state index in [0.717, 1.165) is 33.5 Å². The van der Waals surface area contributed by atoms with E-state index in [2.05, 4.69) is 15.0 Å². The number of rotatable bonds is 5. The molecule has 0 bridgehead atoms. The second kappa shape index (κ2) is 6.41. The molecule has 6 nitrogen and oxygen atoms in total. The number of H-pyrrole nitrogens is 1. The second-order valence-electron chi connectivity index (χ2n) is 5.83. The lowest BCUT2D eigenvalue weighted by Gasteiger charge is -2.07. The molecule has 0 aliphatic carbocycles. The number of fused-ring (bicyclic) bond motifs is 3. The number of nitrogen functional groups attached to an aromatic ring is 1. The molecule has 2 aromatic carbocycles. The Bertz CT molecular complexity index is 1030. The van der Waals surface area contributed by atoms with Gasteiger partial charge < -0.3 is 20.6 Å². The summed E-state index contributed by atoms with van der Waals surface area (Å²) in [4.78, 5) is 12.3. The number of imidazole rings is 1. The topological polar surface area (TPSA) is 97.1 Å². The number of ether oxygens (including phenoxy) is 1. The minimum Gasteiger partial charge on any atom is -0.457 e. The lowest BCUT2D eigenvalue weighted by atomic mass is 10.2. The highest BCUT2D eigenvalue weighted by Crippen LogP contribution is 2.30. The van der Waals surface area contributed by atoms with Gasteiger partial charge in [-0.25, -0.2) is 9.97 Å². The Morgan fingerprint density at radius 1 is 1.04 bits per heavy atom. The van der Waals surface area contributed by atoms with E-state index >= 15 is 0 Å². The van der Waals surface area contributed by atoms with Crippen LogP contribution in [0.5, 0.6) is 11.5 Å². The fourth-order valence-electron chi connectivity index (χ4n) is 2.85. The van der Waals surface area contributed by atoms with Gasteiger partial charge in [-0.3, -0.25) is 0 Å². The zero-order valence-electron chi connectivity index (χ0n) is 13.6. The fourth-order valence-corrected chi connectivity index (χ4v) is 2.85. The standard InChI is InChI=1S/C19H18N4O2/c20-19-18-17(22-16(23-18)7-4-10-24)14-9-8-13(11-15(14)21-19)25-12-5-2-1-3-6-12/h1-3,5-6,8-9,11,24H,4,7,10H2,(H2,20,21)(H,22,23). The van der Waals surface area contributed by atoms with Gasteiger partial charge in [0.25, 0.3) is 0 Å². The molecule has 0 aliphatic rings. The number of benzene rings is 2. The van der Waals surface area contributed by atoms with Gasteiger partial charge in [0.05, 0.1) is 5.52 Å². The van der Waals surface area contributed by atoms with Gasteiger partial charge in [-0.1, -0.05) is 18.2 Å². The maximum Gasteiger partial charge on any atom is 0.150 e. The Hall–Kier alpha value is -3.12. The molecule has 0 saturated heterocycles. The minimum atomic E-state index is 0.131. The van der Waals surface area contributed by atoms with E-state index in [1.807, 2.05) is 48.5 Å². The molecule has 0 aliphatic heterocycles. The average molecular weight is 334 g/mol. The molecule has 25 heavy (non-hydrogen) atoms. The molecule has 2 heterocycles. The lowest BCUT2D eigenvalue weighted by molar-refractivity contribution is 0.287. The molecule has 0 amide bonds. The van der Waals surface area contributed by atoms with Crippen molar-refractivity contribution in [3.63, 3.8) is 0 Å². The number of para-hydroxylation sites is 1. The van der Waals surface area contributed by atoms with Crippen molar-refractivity contribution >= 4 is 27.8 Å². The number of anilines is 1. The van der Waals surface area contributed by atoms with Gasteiger partial charge in [0, 0.05) is 24.5 Å². The summed E-state index contributed by atoms with van der Waals surface area (Å²) < 4.78 is 5.86. The third kappa shape index (κ3) is 2.99. The first-order valence-corrected chi connectivity index (χ1v) is 8.16. The van der Waals surface area contributed by atoms with Crippen molar-refractivity contribution in [3.05, 3.63) is 54.4 Å². The van der Waals surface area contributed by atoms with Crippen molar-refractivity contribution in [2.45, 2.75) is 12.8 Å². The Morgan fingerprint density at radius 2 is 1.88 bits per heavy atom. The molecule has 4 rings (SSSR count). The molecule has 0 radical (unpaired) electrons. The molecule has 0 fully saturated rings. The third-order valence-corrected chi connectivity index (χ3v) is 4.02. The average Bonchev–Trinajstić information content (AvgIpc) is 3.06. The zero-order chi connectivity index (χ0) is 17.2. The first kappa shape index (κ1) is 15.4. The third-order valence-electron chi connectivity index (χ3n) is 4.02. The van der Waals surface area contributed by atoms with E-state index in [4.69, 9.17) is 15.6 Å². The number of aliphatic hydroxyl groups excluding tert-OH is 1. The zero-order valence-corrected chi connectivity index (χ0v) is 13.6. The van der Waals surface area contributed by atoms with Crippen LogP contribution in [-0.4, -0.2) is 26.7 Å². The number of aryl methyl sites for hydroxylation is 1. The van der Waals surface area contributed by atoms with Crippen molar-refractivity contribution < 1.29 is 9.84 Å². The van der Waals surface area contributed by atoms with Gasteiger partial charge in [0.2, 0.25) is 0 Å². The molecule has 0 atom stereocenters. The van der Waals surface area contributed by atoms with Gasteiger partial charge in [0.15, 0.2) is 0 Å². The van der Waals surface area contributed by atoms with Crippen molar-refractivity contribution in [2.75, 3.05) is 12.3 Å². The van der Waals surface area contributed by atoms with Gasteiger partial charge in [-0.05, 0) is 30.7 Å². The van der Waals surface area contributed by atoms with Crippen LogP contribution in [0.4, 0.5) is 5.82 Å². The molecular formula is C19H18N4O2. The number of hydrogen-bond donors (Lipinski definition) is 3. The fraction of sp³-hybridized carbons (Fsp3) is 0.158. The van der Waals surface area contributed by atoms with Gasteiger partial charge in [-0.2, -0.15) is 0 Å². The Labute approximate surface area is 144 Å². The highest BCUT2D eigenvalue weighted by atomic mass is 16.5. The van der Waals surface area contributed by atoms with E-state index in [-0.39, 0.29) is 6.61 Å². The molecule has 4 N–H and O–H groups in total. The summed E-state index contributed by atoms with van der Waals surface area (Å²) in [6.07, 6.45) is 1.32. The van der Waals surface area contributed by atoms with Crippen molar-refractivity contribution in [2.24, 2.45) is 0 Å². The molecule has 4 aromatic rings. The number of aromatic nitrogens is 3. The molecule has 0 unspecified atom stereocenters. The summed E-state index contributed by atoms with van der Waals surface area (Å²) in [6.45, 7) is 0.131. The largest absolute Gasteiger partial charge is 0.457 e. The van der Waals surface area contributed by atoms with Crippen LogP contribution in [0.3, 0.4) is 0 Å². The van der Waals surface area contributed by atoms with Crippen molar-refractivity contribution in [1.82, 2.24) is 15.0 Å². The van der Waals surface area contributed by atoms with E-state index in [9.17, 15) is 0 Å². The SMILES string of the molecule is Nc1nc2cc(Oc3ccccc3)ccc2c2nc(CCCO)[nH]c12. The minimum absolute atomic E-state index is 0.131. The van der Waals surface area contributed by atoms with Crippen molar-refractivity contribution in [3.8, 4) is 11.5 Å². The monoisotopic (exact) mass is 334 g/mol. The molecular weight excluding hydrogens is 316 g/mol. The second-order valence-corrected chi connectivity index (χ2v) is 5.83. The number of nitrogens with two attached hydrogens (primary N) is 1. The highest BCUT2D eigenvalue weighted by Gasteiger charge is 2.12. The van der Waals surface area contributed by atoms with Crippen LogP contribution in [0.1, 0.15) is 12.2 Å². The molecule has 0 saturated carbocycles. The van der Waals surface area contributed by atoms with Crippen molar-refractivity contribution in [1.29, 1.82) is 0 Å². The summed E-state index contributed by atoms with van der Waals surface area (Å²) in [6, 6.07) is 15.3.